The van der Waals surface area contributed by atoms with Gasteiger partial charge in [0.15, 0.2) is 0 Å². The van der Waals surface area contributed by atoms with Gasteiger partial charge >= 0.3 is 0 Å². The molecule has 3 aromatic rings. The van der Waals surface area contributed by atoms with Crippen LogP contribution >= 0.6 is 8.07 Å². The SMILES string of the molecule is NCCNP(c1ccccc1)c1ccccc1.O=Cc1ccccc1. The Kier molecular flexibility index (Phi) is 8.57. The zero-order valence-corrected chi connectivity index (χ0v) is 15.0. The first-order valence-electron chi connectivity index (χ1n) is 8.19. The van der Waals surface area contributed by atoms with E-state index < -0.39 is 8.07 Å². The van der Waals surface area contributed by atoms with E-state index in [0.29, 0.717) is 6.54 Å². The summed E-state index contributed by atoms with van der Waals surface area (Å²) < 4.78 is 0. The van der Waals surface area contributed by atoms with Gasteiger partial charge in [0, 0.05) is 26.7 Å². The molecular weight excluding hydrogens is 327 g/mol. The Bertz CT molecular complexity index is 681. The molecule has 0 amide bonds. The largest absolute Gasteiger partial charge is 0.329 e. The first-order chi connectivity index (χ1) is 12.3. The van der Waals surface area contributed by atoms with Crippen molar-refractivity contribution in [2.45, 2.75) is 0 Å². The van der Waals surface area contributed by atoms with E-state index in [0.717, 1.165) is 18.4 Å². The lowest BCUT2D eigenvalue weighted by Crippen LogP contribution is -2.27. The van der Waals surface area contributed by atoms with E-state index >= 15 is 0 Å². The number of hydrogen-bond donors (Lipinski definition) is 2. The zero-order chi connectivity index (χ0) is 17.7. The second-order valence-corrected chi connectivity index (χ2v) is 7.25. The van der Waals surface area contributed by atoms with E-state index in [9.17, 15) is 4.79 Å². The molecule has 3 nitrogen and oxygen atoms in total. The van der Waals surface area contributed by atoms with E-state index in [-0.39, 0.29) is 0 Å². The normalized spacial score (nSPS) is 10.0. The highest BCUT2D eigenvalue weighted by Gasteiger charge is 2.11. The molecule has 0 radical (unpaired) electrons. The third kappa shape index (κ3) is 6.60. The van der Waals surface area contributed by atoms with Gasteiger partial charge < -0.3 is 5.73 Å². The fourth-order valence-electron chi connectivity index (χ4n) is 2.19. The van der Waals surface area contributed by atoms with Crippen molar-refractivity contribution in [3.8, 4) is 0 Å². The zero-order valence-electron chi connectivity index (χ0n) is 14.1. The summed E-state index contributed by atoms with van der Waals surface area (Å²) in [6.07, 6.45) is 0.833. The maximum absolute atomic E-state index is 10.0. The number of nitrogens with one attached hydrogen (secondary N) is 1. The molecule has 128 valence electrons. The number of carbonyl (C=O) groups is 1. The average molecular weight is 350 g/mol. The molecule has 0 saturated heterocycles. The second kappa shape index (κ2) is 11.3. The quantitative estimate of drug-likeness (QED) is 0.531. The average Bonchev–Trinajstić information content (AvgIpc) is 2.71. The highest BCUT2D eigenvalue weighted by molar-refractivity contribution is 7.71. The summed E-state index contributed by atoms with van der Waals surface area (Å²) in [7, 11) is -0.487. The molecule has 25 heavy (non-hydrogen) atoms. The van der Waals surface area contributed by atoms with Gasteiger partial charge in [-0.25, -0.2) is 0 Å². The molecule has 0 saturated carbocycles. The molecule has 0 aliphatic rings. The number of aldehydes is 1. The van der Waals surface area contributed by atoms with Crippen LogP contribution in [0.1, 0.15) is 10.4 Å². The van der Waals surface area contributed by atoms with Crippen LogP contribution in [0.4, 0.5) is 0 Å². The van der Waals surface area contributed by atoms with Gasteiger partial charge in [0.2, 0.25) is 0 Å². The third-order valence-corrected chi connectivity index (χ3v) is 5.55. The number of nitrogens with two attached hydrogens (primary N) is 1. The van der Waals surface area contributed by atoms with E-state index in [4.69, 9.17) is 5.73 Å². The molecule has 0 heterocycles. The van der Waals surface area contributed by atoms with Gasteiger partial charge in [0.25, 0.3) is 0 Å². The molecule has 0 spiro atoms. The third-order valence-electron chi connectivity index (χ3n) is 3.38. The van der Waals surface area contributed by atoms with Crippen LogP contribution in [0, 0.1) is 0 Å². The topological polar surface area (TPSA) is 55.1 Å². The van der Waals surface area contributed by atoms with Crippen molar-refractivity contribution in [2.24, 2.45) is 5.73 Å². The van der Waals surface area contributed by atoms with Crippen molar-refractivity contribution in [3.63, 3.8) is 0 Å². The standard InChI is InChI=1S/C14H17N2P.C7H6O/c15-11-12-16-17(13-7-3-1-4-8-13)14-9-5-2-6-10-14;8-6-7-4-2-1-3-5-7/h1-10,16H,11-12,15H2;1-6H. The monoisotopic (exact) mass is 350 g/mol. The summed E-state index contributed by atoms with van der Waals surface area (Å²) in [5.41, 5.74) is 6.31. The summed E-state index contributed by atoms with van der Waals surface area (Å²) in [6.45, 7) is 1.51. The maximum Gasteiger partial charge on any atom is 0.150 e. The lowest BCUT2D eigenvalue weighted by Gasteiger charge is -2.19. The van der Waals surface area contributed by atoms with Crippen LogP contribution in [-0.2, 0) is 0 Å². The van der Waals surface area contributed by atoms with Crippen molar-refractivity contribution in [3.05, 3.63) is 96.6 Å². The molecule has 0 fully saturated rings. The summed E-state index contributed by atoms with van der Waals surface area (Å²) in [6, 6.07) is 30.2. The van der Waals surface area contributed by atoms with Gasteiger partial charge in [-0.1, -0.05) is 91.0 Å². The highest BCUT2D eigenvalue weighted by Crippen LogP contribution is 2.27. The molecule has 0 aliphatic carbocycles. The molecule has 3 N–H and O–H groups in total. The molecule has 4 heteroatoms. The Morgan fingerprint density at radius 2 is 1.20 bits per heavy atom. The Labute approximate surface area is 150 Å². The minimum Gasteiger partial charge on any atom is -0.329 e. The van der Waals surface area contributed by atoms with Gasteiger partial charge in [0.1, 0.15) is 6.29 Å². The van der Waals surface area contributed by atoms with Crippen molar-refractivity contribution >= 4 is 25.0 Å². The van der Waals surface area contributed by atoms with Gasteiger partial charge in [-0.05, 0) is 10.6 Å². The minimum absolute atomic E-state index is 0.487. The predicted molar refractivity (Wildman–Crippen MR) is 108 cm³/mol. The number of benzene rings is 3. The predicted octanol–water partition coefficient (Wildman–Crippen LogP) is 3.08. The van der Waals surface area contributed by atoms with E-state index in [1.165, 1.54) is 10.6 Å². The van der Waals surface area contributed by atoms with Crippen LogP contribution < -0.4 is 21.4 Å². The first-order valence-corrected chi connectivity index (χ1v) is 9.53. The number of rotatable bonds is 6. The Morgan fingerprint density at radius 1 is 0.760 bits per heavy atom. The Hall–Kier alpha value is -2.32. The van der Waals surface area contributed by atoms with E-state index in [1.807, 2.05) is 30.3 Å². The van der Waals surface area contributed by atoms with Gasteiger partial charge in [-0.3, -0.25) is 9.88 Å². The minimum atomic E-state index is -0.487. The number of hydrogen-bond acceptors (Lipinski definition) is 3. The van der Waals surface area contributed by atoms with Crippen LogP contribution in [-0.4, -0.2) is 19.4 Å². The maximum atomic E-state index is 10.0. The molecular formula is C21H23N2OP. The first kappa shape index (κ1) is 19.0. The molecule has 0 aliphatic heterocycles. The van der Waals surface area contributed by atoms with Crippen LogP contribution in [0.3, 0.4) is 0 Å². The van der Waals surface area contributed by atoms with Crippen LogP contribution in [0.2, 0.25) is 0 Å². The number of carbonyl (C=O) groups excluding carboxylic acids is 1. The van der Waals surface area contributed by atoms with Gasteiger partial charge in [0.05, 0.1) is 0 Å². The molecule has 3 aromatic carbocycles. The molecule has 0 atom stereocenters. The van der Waals surface area contributed by atoms with Gasteiger partial charge in [-0.15, -0.1) is 0 Å². The smallest absolute Gasteiger partial charge is 0.150 e. The summed E-state index contributed by atoms with van der Waals surface area (Å²) in [4.78, 5) is 10.0. The Morgan fingerprint density at radius 3 is 1.56 bits per heavy atom. The van der Waals surface area contributed by atoms with Crippen LogP contribution in [0.5, 0.6) is 0 Å². The molecule has 0 unspecified atom stereocenters. The van der Waals surface area contributed by atoms with Crippen LogP contribution in [0.25, 0.3) is 0 Å². The molecule has 0 aromatic heterocycles. The lowest BCUT2D eigenvalue weighted by molar-refractivity contribution is 0.112. The van der Waals surface area contributed by atoms with Crippen molar-refractivity contribution < 1.29 is 4.79 Å². The van der Waals surface area contributed by atoms with E-state index in [1.54, 1.807) is 12.1 Å². The van der Waals surface area contributed by atoms with Gasteiger partial charge in [-0.2, -0.15) is 0 Å². The van der Waals surface area contributed by atoms with Crippen molar-refractivity contribution in [2.75, 3.05) is 13.1 Å². The van der Waals surface area contributed by atoms with Crippen molar-refractivity contribution in [1.29, 1.82) is 0 Å². The summed E-state index contributed by atoms with van der Waals surface area (Å²) >= 11 is 0. The fourth-order valence-corrected chi connectivity index (χ4v) is 4.15. The molecule has 3 rings (SSSR count). The second-order valence-electron chi connectivity index (χ2n) is 5.23. The lowest BCUT2D eigenvalue weighted by atomic mass is 10.2. The summed E-state index contributed by atoms with van der Waals surface area (Å²) in [5.74, 6) is 0. The highest BCUT2D eigenvalue weighted by atomic mass is 31.1. The fraction of sp³-hybridized carbons (Fsp3) is 0.0952. The van der Waals surface area contributed by atoms with Crippen LogP contribution in [0.15, 0.2) is 91.0 Å². The van der Waals surface area contributed by atoms with E-state index in [2.05, 4.69) is 53.6 Å². The molecule has 0 bridgehead atoms. The Balaban J connectivity index is 0.000000236. The van der Waals surface area contributed by atoms with Crippen molar-refractivity contribution in [1.82, 2.24) is 5.09 Å². The summed E-state index contributed by atoms with van der Waals surface area (Å²) in [5, 5.41) is 6.21.